The molecule has 1 N–H and O–H groups in total. The Morgan fingerprint density at radius 2 is 2.37 bits per heavy atom. The van der Waals surface area contributed by atoms with E-state index in [0.29, 0.717) is 12.2 Å². The number of piperidine rings is 1. The molecule has 1 aromatic heterocycles. The van der Waals surface area contributed by atoms with Gasteiger partial charge in [0.2, 0.25) is 5.91 Å². The van der Waals surface area contributed by atoms with Gasteiger partial charge in [-0.1, -0.05) is 13.8 Å². The number of carbonyl (C=O) groups excluding carboxylic acids is 1. The van der Waals surface area contributed by atoms with Gasteiger partial charge in [-0.2, -0.15) is 0 Å². The van der Waals surface area contributed by atoms with Gasteiger partial charge >= 0.3 is 0 Å². The van der Waals surface area contributed by atoms with Crippen LogP contribution in [0.2, 0.25) is 0 Å². The predicted molar refractivity (Wildman–Crippen MR) is 72.3 cm³/mol. The van der Waals surface area contributed by atoms with Crippen molar-refractivity contribution in [3.63, 3.8) is 0 Å². The van der Waals surface area contributed by atoms with E-state index in [0.717, 1.165) is 19.4 Å². The Morgan fingerprint density at radius 1 is 1.58 bits per heavy atom. The smallest absolute Gasteiger partial charge is 0.225 e. The van der Waals surface area contributed by atoms with Crippen molar-refractivity contribution in [2.45, 2.75) is 32.7 Å². The van der Waals surface area contributed by atoms with E-state index in [9.17, 15) is 9.18 Å². The van der Waals surface area contributed by atoms with Gasteiger partial charge < -0.3 is 10.2 Å². The number of aromatic nitrogens is 1. The summed E-state index contributed by atoms with van der Waals surface area (Å²) in [7, 11) is 0. The molecule has 0 radical (unpaired) electrons. The number of carbonyl (C=O) groups is 1. The van der Waals surface area contributed by atoms with E-state index in [1.54, 1.807) is 12.3 Å². The molecule has 2 rings (SSSR count). The summed E-state index contributed by atoms with van der Waals surface area (Å²) in [6, 6.07) is 1.73. The van der Waals surface area contributed by atoms with E-state index in [2.05, 4.69) is 10.3 Å². The van der Waals surface area contributed by atoms with Gasteiger partial charge in [0, 0.05) is 31.2 Å². The van der Waals surface area contributed by atoms with Gasteiger partial charge in [0.1, 0.15) is 0 Å². The second-order valence-corrected chi connectivity index (χ2v) is 5.28. The zero-order valence-corrected chi connectivity index (χ0v) is 11.4. The first-order chi connectivity index (χ1) is 9.08. The number of halogens is 1. The van der Waals surface area contributed by atoms with Crippen LogP contribution in [0.1, 0.15) is 26.7 Å². The Bertz CT molecular complexity index is 450. The van der Waals surface area contributed by atoms with Gasteiger partial charge in [0.05, 0.1) is 11.9 Å². The van der Waals surface area contributed by atoms with Crippen LogP contribution in [0.3, 0.4) is 0 Å². The molecule has 4 nitrogen and oxygen atoms in total. The fraction of sp³-hybridized carbons (Fsp3) is 0.571. The average Bonchev–Trinajstić information content (AvgIpc) is 2.41. The van der Waals surface area contributed by atoms with Crippen LogP contribution in [0.15, 0.2) is 18.5 Å². The third kappa shape index (κ3) is 3.43. The van der Waals surface area contributed by atoms with Crippen LogP contribution in [0.25, 0.3) is 0 Å². The number of likely N-dealkylation sites (tertiary alicyclic amines) is 1. The second kappa shape index (κ2) is 5.99. The minimum Gasteiger partial charge on any atom is -0.378 e. The highest BCUT2D eigenvalue weighted by atomic mass is 19.1. The third-order valence-corrected chi connectivity index (χ3v) is 3.36. The summed E-state index contributed by atoms with van der Waals surface area (Å²) in [6.45, 7) is 5.25. The second-order valence-electron chi connectivity index (χ2n) is 5.28. The number of hydrogen-bond acceptors (Lipinski definition) is 3. The van der Waals surface area contributed by atoms with E-state index < -0.39 is 0 Å². The minimum atomic E-state index is -0.352. The van der Waals surface area contributed by atoms with Crippen molar-refractivity contribution in [2.75, 3.05) is 18.4 Å². The molecular weight excluding hydrogens is 245 g/mol. The molecule has 1 aromatic rings. The zero-order chi connectivity index (χ0) is 13.8. The lowest BCUT2D eigenvalue weighted by Gasteiger charge is -2.34. The first-order valence-corrected chi connectivity index (χ1v) is 6.72. The predicted octanol–water partition coefficient (Wildman–Crippen LogP) is 2.28. The summed E-state index contributed by atoms with van der Waals surface area (Å²) in [5.41, 5.74) is 0.457. The standard InChI is InChI=1S/C14H20FN3O/c1-10(2)14(19)18-7-3-4-11(9-18)17-13-5-6-16-8-12(13)15/h5-6,8,10-11H,3-4,7,9H2,1-2H3,(H,16,17)/t11-/m1/s1. The minimum absolute atomic E-state index is 0.0106. The molecular formula is C14H20FN3O. The summed E-state index contributed by atoms with van der Waals surface area (Å²) >= 11 is 0. The van der Waals surface area contributed by atoms with Crippen LogP contribution >= 0.6 is 0 Å². The van der Waals surface area contributed by atoms with Crippen molar-refractivity contribution in [3.05, 3.63) is 24.3 Å². The van der Waals surface area contributed by atoms with Crippen molar-refractivity contribution in [2.24, 2.45) is 5.92 Å². The molecule has 1 fully saturated rings. The number of nitrogens with zero attached hydrogens (tertiary/aromatic N) is 2. The quantitative estimate of drug-likeness (QED) is 0.912. The molecule has 5 heteroatoms. The van der Waals surface area contributed by atoms with Crippen LogP contribution in [-0.2, 0) is 4.79 Å². The first kappa shape index (κ1) is 13.8. The Hall–Kier alpha value is -1.65. The van der Waals surface area contributed by atoms with Gasteiger partial charge in [0.15, 0.2) is 5.82 Å². The normalized spacial score (nSPS) is 19.6. The number of anilines is 1. The van der Waals surface area contributed by atoms with Crippen molar-refractivity contribution < 1.29 is 9.18 Å². The molecule has 0 aliphatic carbocycles. The number of amides is 1. The highest BCUT2D eigenvalue weighted by Crippen LogP contribution is 2.19. The SMILES string of the molecule is CC(C)C(=O)N1CCC[C@@H](Nc2ccncc2F)C1. The lowest BCUT2D eigenvalue weighted by Crippen LogP contribution is -2.46. The lowest BCUT2D eigenvalue weighted by atomic mass is 10.0. The number of pyridine rings is 1. The lowest BCUT2D eigenvalue weighted by molar-refractivity contribution is -0.135. The highest BCUT2D eigenvalue weighted by Gasteiger charge is 2.25. The van der Waals surface area contributed by atoms with Crippen LogP contribution in [0.4, 0.5) is 10.1 Å². The molecule has 1 saturated heterocycles. The first-order valence-electron chi connectivity index (χ1n) is 6.72. The van der Waals surface area contributed by atoms with Gasteiger partial charge in [-0.3, -0.25) is 9.78 Å². The molecule has 19 heavy (non-hydrogen) atoms. The van der Waals surface area contributed by atoms with Crippen molar-refractivity contribution in [1.82, 2.24) is 9.88 Å². The highest BCUT2D eigenvalue weighted by molar-refractivity contribution is 5.78. The molecule has 1 aliphatic heterocycles. The van der Waals surface area contributed by atoms with E-state index in [1.165, 1.54) is 6.20 Å². The molecule has 0 spiro atoms. The van der Waals surface area contributed by atoms with E-state index in [-0.39, 0.29) is 23.7 Å². The van der Waals surface area contributed by atoms with Crippen molar-refractivity contribution in [1.29, 1.82) is 0 Å². The summed E-state index contributed by atoms with van der Waals surface area (Å²) in [6.07, 6.45) is 4.65. The van der Waals surface area contributed by atoms with Crippen LogP contribution in [0, 0.1) is 11.7 Å². The van der Waals surface area contributed by atoms with Gasteiger partial charge in [-0.05, 0) is 18.9 Å². The average molecular weight is 265 g/mol. The molecule has 0 saturated carbocycles. The fourth-order valence-corrected chi connectivity index (χ4v) is 2.37. The maximum Gasteiger partial charge on any atom is 0.225 e. The number of nitrogens with one attached hydrogen (secondary N) is 1. The molecule has 1 atom stereocenters. The molecule has 2 heterocycles. The van der Waals surface area contributed by atoms with E-state index >= 15 is 0 Å². The Kier molecular flexibility index (Phi) is 4.35. The molecule has 0 aromatic carbocycles. The van der Waals surface area contributed by atoms with E-state index in [1.807, 2.05) is 18.7 Å². The molecule has 104 valence electrons. The molecule has 0 unspecified atom stereocenters. The Balaban J connectivity index is 1.98. The summed E-state index contributed by atoms with van der Waals surface area (Å²) in [4.78, 5) is 17.6. The van der Waals surface area contributed by atoms with Crippen LogP contribution < -0.4 is 5.32 Å². The Morgan fingerprint density at radius 3 is 3.05 bits per heavy atom. The monoisotopic (exact) mass is 265 g/mol. The van der Waals surface area contributed by atoms with Crippen molar-refractivity contribution >= 4 is 11.6 Å². The number of hydrogen-bond donors (Lipinski definition) is 1. The maximum atomic E-state index is 13.5. The van der Waals surface area contributed by atoms with Crippen LogP contribution in [-0.4, -0.2) is 34.9 Å². The molecule has 0 bridgehead atoms. The van der Waals surface area contributed by atoms with E-state index in [4.69, 9.17) is 0 Å². The topological polar surface area (TPSA) is 45.2 Å². The molecule has 1 amide bonds. The Labute approximate surface area is 113 Å². The molecule has 1 aliphatic rings. The maximum absolute atomic E-state index is 13.5. The number of rotatable bonds is 3. The summed E-state index contributed by atoms with van der Waals surface area (Å²) < 4.78 is 13.5. The van der Waals surface area contributed by atoms with Crippen molar-refractivity contribution in [3.8, 4) is 0 Å². The summed E-state index contributed by atoms with van der Waals surface area (Å²) in [5.74, 6) is -0.173. The largest absolute Gasteiger partial charge is 0.378 e. The van der Waals surface area contributed by atoms with Gasteiger partial charge in [-0.15, -0.1) is 0 Å². The fourth-order valence-electron chi connectivity index (χ4n) is 2.37. The summed E-state index contributed by atoms with van der Waals surface area (Å²) in [5, 5.41) is 3.16. The van der Waals surface area contributed by atoms with Gasteiger partial charge in [0.25, 0.3) is 0 Å². The third-order valence-electron chi connectivity index (χ3n) is 3.36. The van der Waals surface area contributed by atoms with Gasteiger partial charge in [-0.25, -0.2) is 4.39 Å². The zero-order valence-electron chi connectivity index (χ0n) is 11.4. The van der Waals surface area contributed by atoms with Crippen LogP contribution in [0.5, 0.6) is 0 Å².